The first-order valence-corrected chi connectivity index (χ1v) is 10.2. The van der Waals surface area contributed by atoms with E-state index < -0.39 is 0 Å². The maximum atomic E-state index is 12.3. The van der Waals surface area contributed by atoms with Gasteiger partial charge in [-0.25, -0.2) is 0 Å². The summed E-state index contributed by atoms with van der Waals surface area (Å²) < 4.78 is 0. The Hall–Kier alpha value is -2.41. The van der Waals surface area contributed by atoms with Crippen LogP contribution in [0.25, 0.3) is 0 Å². The maximum Gasteiger partial charge on any atom is 0.238 e. The second kappa shape index (κ2) is 10.4. The van der Waals surface area contributed by atoms with Crippen LogP contribution in [0.1, 0.15) is 11.1 Å². The van der Waals surface area contributed by atoms with Crippen molar-refractivity contribution in [3.05, 3.63) is 64.7 Å². The summed E-state index contributed by atoms with van der Waals surface area (Å²) in [6, 6.07) is 15.4. The van der Waals surface area contributed by atoms with Gasteiger partial charge in [0.1, 0.15) is 0 Å². The zero-order valence-electron chi connectivity index (χ0n) is 16.7. The fourth-order valence-electron chi connectivity index (χ4n) is 3.30. The topological polar surface area (TPSA) is 64.7 Å². The second-order valence-electron chi connectivity index (χ2n) is 7.28. The van der Waals surface area contributed by atoms with Crippen LogP contribution in [0.4, 0.5) is 5.69 Å². The number of amides is 2. The van der Waals surface area contributed by atoms with Crippen molar-refractivity contribution in [1.82, 2.24) is 15.1 Å². The van der Waals surface area contributed by atoms with Crippen LogP contribution in [0.15, 0.2) is 48.5 Å². The second-order valence-corrected chi connectivity index (χ2v) is 7.68. The van der Waals surface area contributed by atoms with Gasteiger partial charge in [0.15, 0.2) is 0 Å². The van der Waals surface area contributed by atoms with E-state index in [9.17, 15) is 9.59 Å². The Morgan fingerprint density at radius 1 is 0.897 bits per heavy atom. The lowest BCUT2D eigenvalue weighted by Crippen LogP contribution is -2.50. The lowest BCUT2D eigenvalue weighted by Gasteiger charge is -2.33. The number of hydrogen-bond acceptors (Lipinski definition) is 4. The minimum Gasteiger partial charge on any atom is -0.351 e. The van der Waals surface area contributed by atoms with Crippen molar-refractivity contribution >= 4 is 29.1 Å². The smallest absolute Gasteiger partial charge is 0.238 e. The van der Waals surface area contributed by atoms with E-state index in [-0.39, 0.29) is 11.8 Å². The molecule has 1 saturated heterocycles. The Kier molecular flexibility index (Phi) is 7.63. The van der Waals surface area contributed by atoms with E-state index >= 15 is 0 Å². The Morgan fingerprint density at radius 2 is 1.52 bits per heavy atom. The number of hydrogen-bond donors (Lipinski definition) is 2. The first-order chi connectivity index (χ1) is 14.0. The van der Waals surface area contributed by atoms with Crippen LogP contribution in [0.5, 0.6) is 0 Å². The number of piperazine rings is 1. The fraction of sp³-hybridized carbons (Fsp3) is 0.364. The summed E-state index contributed by atoms with van der Waals surface area (Å²) in [5.41, 5.74) is 2.71. The van der Waals surface area contributed by atoms with Gasteiger partial charge in [-0.2, -0.15) is 0 Å². The summed E-state index contributed by atoms with van der Waals surface area (Å²) in [4.78, 5) is 28.7. The molecule has 0 saturated carbocycles. The molecule has 0 aromatic heterocycles. The normalized spacial score (nSPS) is 15.1. The number of anilines is 1. The molecule has 1 fully saturated rings. The number of carbonyl (C=O) groups is 2. The Morgan fingerprint density at radius 3 is 2.17 bits per heavy atom. The third kappa shape index (κ3) is 6.56. The van der Waals surface area contributed by atoms with Crippen molar-refractivity contribution in [3.8, 4) is 0 Å². The number of rotatable bonds is 7. The molecular formula is C22H27ClN4O2. The standard InChI is InChI=1S/C22H27ClN4O2/c1-17-19(23)8-5-9-20(17)25-22(29)16-27-12-10-26(11-13-27)15-21(28)24-14-18-6-3-2-4-7-18/h2-9H,10-16H2,1H3,(H,24,28)(H,25,29). The highest BCUT2D eigenvalue weighted by Gasteiger charge is 2.20. The van der Waals surface area contributed by atoms with E-state index in [1.54, 1.807) is 0 Å². The number of carbonyl (C=O) groups excluding carboxylic acids is 2. The van der Waals surface area contributed by atoms with Crippen LogP contribution < -0.4 is 10.6 Å². The Bertz CT molecular complexity index is 836. The highest BCUT2D eigenvalue weighted by atomic mass is 35.5. The third-order valence-corrected chi connectivity index (χ3v) is 5.48. The fourth-order valence-corrected chi connectivity index (χ4v) is 3.47. The summed E-state index contributed by atoms with van der Waals surface area (Å²) in [6.45, 7) is 6.20. The largest absolute Gasteiger partial charge is 0.351 e. The molecule has 154 valence electrons. The van der Waals surface area contributed by atoms with Crippen molar-refractivity contribution in [3.63, 3.8) is 0 Å². The van der Waals surface area contributed by atoms with E-state index in [0.717, 1.165) is 43.0 Å². The molecule has 0 bridgehead atoms. The summed E-state index contributed by atoms with van der Waals surface area (Å²) in [6.07, 6.45) is 0. The maximum absolute atomic E-state index is 12.3. The van der Waals surface area contributed by atoms with Crippen LogP contribution >= 0.6 is 11.6 Å². The van der Waals surface area contributed by atoms with Gasteiger partial charge in [-0.15, -0.1) is 0 Å². The summed E-state index contributed by atoms with van der Waals surface area (Å²) in [7, 11) is 0. The number of nitrogens with zero attached hydrogens (tertiary/aromatic N) is 2. The van der Waals surface area contributed by atoms with Gasteiger partial charge in [0.05, 0.1) is 13.1 Å². The molecule has 3 rings (SSSR count). The molecule has 0 atom stereocenters. The Labute approximate surface area is 176 Å². The molecule has 2 amide bonds. The summed E-state index contributed by atoms with van der Waals surface area (Å²) in [5.74, 6) is -0.0269. The number of halogens is 1. The molecule has 29 heavy (non-hydrogen) atoms. The van der Waals surface area contributed by atoms with Gasteiger partial charge in [0.25, 0.3) is 0 Å². The Balaban J connectivity index is 1.37. The molecule has 0 spiro atoms. The predicted molar refractivity (Wildman–Crippen MR) is 116 cm³/mol. The highest BCUT2D eigenvalue weighted by molar-refractivity contribution is 6.31. The van der Waals surface area contributed by atoms with Crippen LogP contribution in [0.3, 0.4) is 0 Å². The minimum absolute atomic E-state index is 0.0245. The average molecular weight is 415 g/mol. The molecule has 1 aliphatic rings. The molecule has 0 aliphatic carbocycles. The van der Waals surface area contributed by atoms with Crippen molar-refractivity contribution in [2.24, 2.45) is 0 Å². The summed E-state index contributed by atoms with van der Waals surface area (Å²) in [5, 5.41) is 6.53. The average Bonchev–Trinajstić information content (AvgIpc) is 2.72. The molecular weight excluding hydrogens is 388 g/mol. The lowest BCUT2D eigenvalue weighted by molar-refractivity contribution is -0.123. The molecule has 2 N–H and O–H groups in total. The first kappa shape index (κ1) is 21.3. The summed E-state index contributed by atoms with van der Waals surface area (Å²) >= 11 is 6.10. The van der Waals surface area contributed by atoms with Gasteiger partial charge in [-0.3, -0.25) is 19.4 Å². The van der Waals surface area contributed by atoms with Gasteiger partial charge >= 0.3 is 0 Å². The van der Waals surface area contributed by atoms with Crippen molar-refractivity contribution < 1.29 is 9.59 Å². The quantitative estimate of drug-likeness (QED) is 0.730. The molecule has 0 radical (unpaired) electrons. The van der Waals surface area contributed by atoms with E-state index in [2.05, 4.69) is 20.4 Å². The molecule has 2 aromatic carbocycles. The molecule has 6 nitrogen and oxygen atoms in total. The van der Waals surface area contributed by atoms with Crippen LogP contribution in [0, 0.1) is 6.92 Å². The van der Waals surface area contributed by atoms with Gasteiger partial charge in [-0.05, 0) is 30.2 Å². The number of nitrogens with one attached hydrogen (secondary N) is 2. The van der Waals surface area contributed by atoms with Crippen LogP contribution in [0.2, 0.25) is 5.02 Å². The van der Waals surface area contributed by atoms with Crippen LogP contribution in [-0.4, -0.2) is 60.9 Å². The lowest BCUT2D eigenvalue weighted by atomic mass is 10.2. The molecule has 1 heterocycles. The molecule has 2 aromatic rings. The van der Waals surface area contributed by atoms with E-state index in [1.807, 2.05) is 55.5 Å². The molecule has 0 unspecified atom stereocenters. The first-order valence-electron chi connectivity index (χ1n) is 9.81. The van der Waals surface area contributed by atoms with Crippen LogP contribution in [-0.2, 0) is 16.1 Å². The predicted octanol–water partition coefficient (Wildman–Crippen LogP) is 2.52. The zero-order chi connectivity index (χ0) is 20.6. The van der Waals surface area contributed by atoms with Crippen molar-refractivity contribution in [1.29, 1.82) is 0 Å². The number of benzene rings is 2. The minimum atomic E-state index is -0.0515. The SMILES string of the molecule is Cc1c(Cl)cccc1NC(=O)CN1CCN(CC(=O)NCc2ccccc2)CC1. The van der Waals surface area contributed by atoms with E-state index in [1.165, 1.54) is 0 Å². The highest BCUT2D eigenvalue weighted by Crippen LogP contribution is 2.22. The zero-order valence-corrected chi connectivity index (χ0v) is 17.4. The van der Waals surface area contributed by atoms with Crippen molar-refractivity contribution in [2.45, 2.75) is 13.5 Å². The van der Waals surface area contributed by atoms with E-state index in [0.29, 0.717) is 24.7 Å². The molecule has 1 aliphatic heterocycles. The van der Waals surface area contributed by atoms with Gasteiger partial charge in [0.2, 0.25) is 11.8 Å². The van der Waals surface area contributed by atoms with Gasteiger partial charge in [-0.1, -0.05) is 48.0 Å². The monoisotopic (exact) mass is 414 g/mol. The van der Waals surface area contributed by atoms with Crippen molar-refractivity contribution in [2.75, 3.05) is 44.6 Å². The van der Waals surface area contributed by atoms with E-state index in [4.69, 9.17) is 11.6 Å². The van der Waals surface area contributed by atoms with Gasteiger partial charge in [0, 0.05) is 43.4 Å². The third-order valence-electron chi connectivity index (χ3n) is 5.07. The van der Waals surface area contributed by atoms with Gasteiger partial charge < -0.3 is 10.6 Å². The molecule has 7 heteroatoms.